The summed E-state index contributed by atoms with van der Waals surface area (Å²) in [6.45, 7) is 0. The molecule has 8 atom stereocenters. The number of phenols is 2. The number of carboxylic acid groups (broad SMARTS) is 3. The molecule has 0 unspecified atom stereocenters. The maximum atomic E-state index is 14.3. The lowest BCUT2D eigenvalue weighted by Gasteiger charge is -2.27. The van der Waals surface area contributed by atoms with E-state index < -0.39 is 127 Å². The summed E-state index contributed by atoms with van der Waals surface area (Å²) in [6.07, 6.45) is -0.592. The first-order chi connectivity index (χ1) is 35.6. The highest BCUT2D eigenvalue weighted by Crippen LogP contribution is 2.14. The third-order valence-corrected chi connectivity index (χ3v) is 11.9. The zero-order chi connectivity index (χ0) is 55.2. The second-order valence-corrected chi connectivity index (χ2v) is 17.7. The molecule has 0 radical (unpaired) electrons. The van der Waals surface area contributed by atoms with E-state index in [1.165, 1.54) is 61.1 Å². The molecule has 25 nitrogen and oxygen atoms in total. The van der Waals surface area contributed by atoms with Crippen molar-refractivity contribution in [1.29, 1.82) is 0 Å². The molecule has 0 aliphatic rings. The molecule has 15 N–H and O–H groups in total. The normalized spacial score (nSPS) is 14.1. The molecule has 4 aromatic rings. The van der Waals surface area contributed by atoms with Gasteiger partial charge in [-0.15, -0.1) is 0 Å². The van der Waals surface area contributed by atoms with Crippen LogP contribution in [0.2, 0.25) is 0 Å². The van der Waals surface area contributed by atoms with Crippen molar-refractivity contribution in [3.63, 3.8) is 0 Å². The van der Waals surface area contributed by atoms with Gasteiger partial charge in [0, 0.05) is 49.1 Å². The number of benzene rings is 3. The fraction of sp³-hybridized carbons (Fsp3) is 0.354. The van der Waals surface area contributed by atoms with Gasteiger partial charge in [0.05, 0.1) is 18.8 Å². The Morgan fingerprint density at radius 3 is 1.40 bits per heavy atom. The number of nitrogens with two attached hydrogens (primary N) is 1. The smallest absolute Gasteiger partial charge is 0.326 e. The van der Waals surface area contributed by atoms with Crippen LogP contribution in [0.5, 0.6) is 11.5 Å². The van der Waals surface area contributed by atoms with E-state index in [0.717, 1.165) is 0 Å². The first-order valence-corrected chi connectivity index (χ1v) is 24.3. The van der Waals surface area contributed by atoms with Gasteiger partial charge in [-0.2, -0.15) is 25.3 Å². The molecule has 1 aromatic heterocycles. The molecule has 0 bridgehead atoms. The van der Waals surface area contributed by atoms with Crippen LogP contribution in [-0.4, -0.2) is 155 Å². The van der Waals surface area contributed by atoms with E-state index >= 15 is 0 Å². The van der Waals surface area contributed by atoms with Gasteiger partial charge in [0.25, 0.3) is 0 Å². The Balaban J connectivity index is 1.54. The third-order valence-electron chi connectivity index (χ3n) is 11.2. The van der Waals surface area contributed by atoms with E-state index in [1.807, 2.05) is 0 Å². The summed E-state index contributed by atoms with van der Waals surface area (Å²) in [5.74, 6) is -12.4. The number of nitrogens with one attached hydrogen (secondary N) is 8. The summed E-state index contributed by atoms with van der Waals surface area (Å²) in [6, 6.07) is 7.28. The molecular weight excluding hydrogens is 1020 g/mol. The molecule has 75 heavy (non-hydrogen) atoms. The van der Waals surface area contributed by atoms with Gasteiger partial charge >= 0.3 is 17.9 Å². The van der Waals surface area contributed by atoms with Gasteiger partial charge in [-0.1, -0.05) is 54.6 Å². The SMILES string of the molecule is N[C@@H](Cc1ccc(O)cc1)C(=O)N[C@@H](CS)C(=O)N[C@@H](CC(=O)O)C(=O)N[C@@H](CCC(=O)O)C(=O)N[C@@H](Cc1cnc[nH]1)C(=O)N[C@@H](Cc1ccccc1)C(=O)N[C@@H](CS)C(=O)N[C@@H](Cc1ccc(O)cc1)C(=O)O. The van der Waals surface area contributed by atoms with Crippen molar-refractivity contribution in [2.75, 3.05) is 11.5 Å². The number of carbonyl (C=O) groups is 10. The molecular formula is C48H58N10O15S2. The minimum Gasteiger partial charge on any atom is -0.508 e. The van der Waals surface area contributed by atoms with Crippen molar-refractivity contribution >= 4 is 84.5 Å². The van der Waals surface area contributed by atoms with Crippen LogP contribution in [0.4, 0.5) is 0 Å². The number of aromatic hydroxyl groups is 2. The third kappa shape index (κ3) is 20.0. The number of hydrogen-bond donors (Lipinski definition) is 16. The van der Waals surface area contributed by atoms with E-state index in [0.29, 0.717) is 16.7 Å². The number of imidazole rings is 1. The molecule has 0 saturated heterocycles. The van der Waals surface area contributed by atoms with Crippen molar-refractivity contribution < 1.29 is 73.5 Å². The molecule has 0 aliphatic heterocycles. The van der Waals surface area contributed by atoms with Gasteiger partial charge in [-0.3, -0.25) is 43.2 Å². The maximum absolute atomic E-state index is 14.3. The number of phenolic OH excluding ortho intramolecular Hbond substituents is 2. The highest BCUT2D eigenvalue weighted by molar-refractivity contribution is 7.80. The molecule has 27 heteroatoms. The molecule has 0 aliphatic carbocycles. The van der Waals surface area contributed by atoms with Gasteiger partial charge in [0.1, 0.15) is 53.8 Å². The summed E-state index contributed by atoms with van der Waals surface area (Å²) in [5, 5.41) is 65.1. The van der Waals surface area contributed by atoms with E-state index in [9.17, 15) is 73.5 Å². The summed E-state index contributed by atoms with van der Waals surface area (Å²) >= 11 is 8.30. The van der Waals surface area contributed by atoms with E-state index in [1.54, 1.807) is 30.3 Å². The fourth-order valence-corrected chi connectivity index (χ4v) is 7.67. The standard InChI is InChI=1S/C48H58N10O15S2/c49-31(16-26-6-10-29(59)11-7-26)41(65)57-37(22-74)46(70)55-35(20-40(63)64)45(69)52-32(14-15-39(61)62)42(66)54-34(19-28-21-50-24-51-28)44(68)53-33(17-25-4-2-1-3-5-25)43(67)58-38(23-75)47(71)56-36(48(72)73)18-27-8-12-30(60)13-9-27/h1-13,21,24,31-38,59-60,74-75H,14-20,22-23,49H2,(H,50,51)(H,52,69)(H,53,68)(H,54,66)(H,55,70)(H,56,71)(H,57,65)(H,58,67)(H,61,62)(H,63,64)(H,72,73)/t31-,32-,33-,34-,35-,36-,37-,38-/m0/s1. The number of rotatable bonds is 30. The van der Waals surface area contributed by atoms with Crippen molar-refractivity contribution in [3.8, 4) is 11.5 Å². The number of carbonyl (C=O) groups excluding carboxylic acids is 7. The van der Waals surface area contributed by atoms with Gasteiger partial charge in [-0.25, -0.2) is 9.78 Å². The molecule has 402 valence electrons. The van der Waals surface area contributed by atoms with Crippen LogP contribution in [0.25, 0.3) is 0 Å². The number of carboxylic acids is 3. The van der Waals surface area contributed by atoms with Crippen molar-refractivity contribution in [1.82, 2.24) is 47.2 Å². The van der Waals surface area contributed by atoms with Gasteiger partial charge in [0.15, 0.2) is 0 Å². The molecule has 1 heterocycles. The fourth-order valence-electron chi connectivity index (χ4n) is 7.15. The first kappa shape index (κ1) is 59.4. The zero-order valence-electron chi connectivity index (χ0n) is 39.9. The quantitative estimate of drug-likeness (QED) is 0.0254. The Morgan fingerprint density at radius 1 is 0.493 bits per heavy atom. The minimum absolute atomic E-state index is 0.00899. The number of aliphatic carboxylic acids is 3. The lowest BCUT2D eigenvalue weighted by atomic mass is 10.0. The maximum Gasteiger partial charge on any atom is 0.326 e. The van der Waals surface area contributed by atoms with Crippen molar-refractivity contribution in [3.05, 3.63) is 114 Å². The van der Waals surface area contributed by atoms with Gasteiger partial charge < -0.3 is 73.5 Å². The lowest BCUT2D eigenvalue weighted by molar-refractivity contribution is -0.142. The Bertz CT molecular complexity index is 2610. The van der Waals surface area contributed by atoms with E-state index in [2.05, 4.69) is 72.4 Å². The largest absolute Gasteiger partial charge is 0.508 e. The molecule has 0 spiro atoms. The van der Waals surface area contributed by atoms with Crippen LogP contribution in [0, 0.1) is 0 Å². The summed E-state index contributed by atoms with van der Waals surface area (Å²) < 4.78 is 0. The number of amides is 7. The Hall–Kier alpha value is -8.17. The predicted molar refractivity (Wildman–Crippen MR) is 272 cm³/mol. The van der Waals surface area contributed by atoms with Crippen LogP contribution in [0.15, 0.2) is 91.4 Å². The molecule has 4 rings (SSSR count). The minimum atomic E-state index is -1.93. The molecule has 3 aromatic carbocycles. The second kappa shape index (κ2) is 29.5. The van der Waals surface area contributed by atoms with Gasteiger partial charge in [-0.05, 0) is 53.8 Å². The monoisotopic (exact) mass is 1080 g/mol. The zero-order valence-corrected chi connectivity index (χ0v) is 41.7. The molecule has 0 fully saturated rings. The Kier molecular flexibility index (Phi) is 23.4. The first-order valence-electron chi connectivity index (χ1n) is 23.0. The van der Waals surface area contributed by atoms with E-state index in [4.69, 9.17) is 5.73 Å². The highest BCUT2D eigenvalue weighted by atomic mass is 32.1. The Labute approximate surface area is 439 Å². The Morgan fingerprint density at radius 2 is 0.907 bits per heavy atom. The van der Waals surface area contributed by atoms with Crippen LogP contribution < -0.4 is 43.0 Å². The number of hydrogen-bond acceptors (Lipinski definition) is 16. The van der Waals surface area contributed by atoms with Crippen LogP contribution >= 0.6 is 25.3 Å². The molecule has 0 saturated carbocycles. The summed E-state index contributed by atoms with van der Waals surface area (Å²) in [7, 11) is 0. The number of thiol groups is 2. The van der Waals surface area contributed by atoms with E-state index in [-0.39, 0.29) is 54.4 Å². The number of nitrogens with zero attached hydrogens (tertiary/aromatic N) is 1. The van der Waals surface area contributed by atoms with Crippen LogP contribution in [0.3, 0.4) is 0 Å². The molecule has 7 amide bonds. The average Bonchev–Trinajstić information content (AvgIpc) is 3.89. The van der Waals surface area contributed by atoms with Crippen LogP contribution in [-0.2, 0) is 73.6 Å². The second-order valence-electron chi connectivity index (χ2n) is 17.0. The van der Waals surface area contributed by atoms with Crippen LogP contribution in [0.1, 0.15) is 41.6 Å². The summed E-state index contributed by atoms with van der Waals surface area (Å²) in [5.41, 5.74) is 7.87. The number of H-pyrrole nitrogens is 1. The number of aromatic nitrogens is 2. The predicted octanol–water partition coefficient (Wildman–Crippen LogP) is -1.90. The summed E-state index contributed by atoms with van der Waals surface area (Å²) in [4.78, 5) is 139. The van der Waals surface area contributed by atoms with Gasteiger partial charge in [0.2, 0.25) is 41.4 Å². The van der Waals surface area contributed by atoms with Crippen molar-refractivity contribution in [2.45, 2.75) is 93.3 Å². The lowest BCUT2D eigenvalue weighted by Crippen LogP contribution is -2.61. The highest BCUT2D eigenvalue weighted by Gasteiger charge is 2.35. The van der Waals surface area contributed by atoms with Crippen molar-refractivity contribution in [2.24, 2.45) is 5.73 Å². The average molecular weight is 1080 g/mol. The number of aromatic amines is 1. The topological polar surface area (TPSA) is 411 Å².